The van der Waals surface area contributed by atoms with Crippen molar-refractivity contribution in [1.29, 1.82) is 0 Å². The van der Waals surface area contributed by atoms with Crippen LogP contribution in [0.1, 0.15) is 36.8 Å². The van der Waals surface area contributed by atoms with Crippen LogP contribution in [-0.2, 0) is 13.1 Å². The molecular weight excluding hydrogens is 382 g/mol. The van der Waals surface area contributed by atoms with Crippen LogP contribution < -0.4 is 5.32 Å². The van der Waals surface area contributed by atoms with Gasteiger partial charge in [0.1, 0.15) is 0 Å². The molecule has 0 bridgehead atoms. The molecule has 0 amide bonds. The molecule has 1 N–H and O–H groups in total. The quantitative estimate of drug-likeness (QED) is 0.795. The lowest BCUT2D eigenvalue weighted by Crippen LogP contribution is -2.20. The fourth-order valence-corrected chi connectivity index (χ4v) is 3.02. The van der Waals surface area contributed by atoms with Crippen LogP contribution in [0.15, 0.2) is 33.2 Å². The van der Waals surface area contributed by atoms with E-state index < -0.39 is 0 Å². The molecule has 0 unspecified atom stereocenters. The Balaban J connectivity index is 2.09. The first kappa shape index (κ1) is 15.7. The lowest BCUT2D eigenvalue weighted by molar-refractivity contribution is 0.530. The van der Waals surface area contributed by atoms with Gasteiger partial charge < -0.3 is 5.32 Å². The van der Waals surface area contributed by atoms with E-state index in [0.29, 0.717) is 6.04 Å². The van der Waals surface area contributed by atoms with Crippen molar-refractivity contribution in [2.75, 3.05) is 0 Å². The lowest BCUT2D eigenvalue weighted by Gasteiger charge is -2.15. The number of rotatable bonds is 5. The van der Waals surface area contributed by atoms with Crippen LogP contribution >= 0.6 is 31.9 Å². The number of hydrogen-bond acceptors (Lipinski definition) is 2. The second-order valence-corrected chi connectivity index (χ2v) is 6.53. The molecule has 0 saturated heterocycles. The Labute approximate surface area is 137 Å². The smallest absolute Gasteiger partial charge is 0.0739 e. The number of nitrogens with zero attached hydrogens (tertiary/aromatic N) is 2. The molecule has 0 fully saturated rings. The number of aromatic nitrogens is 2. The maximum absolute atomic E-state index is 4.52. The van der Waals surface area contributed by atoms with E-state index in [1.165, 1.54) is 11.3 Å². The van der Waals surface area contributed by atoms with Gasteiger partial charge in [0.2, 0.25) is 0 Å². The topological polar surface area (TPSA) is 29.9 Å². The van der Waals surface area contributed by atoms with Gasteiger partial charge in [-0.2, -0.15) is 5.10 Å². The van der Waals surface area contributed by atoms with E-state index in [-0.39, 0.29) is 0 Å². The summed E-state index contributed by atoms with van der Waals surface area (Å²) in [6.45, 7) is 7.99. The van der Waals surface area contributed by atoms with Crippen molar-refractivity contribution in [3.63, 3.8) is 0 Å². The van der Waals surface area contributed by atoms with Gasteiger partial charge in [0.05, 0.1) is 15.9 Å². The van der Waals surface area contributed by atoms with Gasteiger partial charge >= 0.3 is 0 Å². The number of nitrogens with one attached hydrogen (secondary N) is 1. The third-order valence-electron chi connectivity index (χ3n) is 3.38. The molecular formula is C15H19Br2N3. The Morgan fingerprint density at radius 3 is 2.75 bits per heavy atom. The molecule has 0 aliphatic rings. The number of hydrogen-bond donors (Lipinski definition) is 1. The summed E-state index contributed by atoms with van der Waals surface area (Å²) in [5, 5.41) is 8.08. The van der Waals surface area contributed by atoms with Crippen LogP contribution in [-0.4, -0.2) is 9.78 Å². The van der Waals surface area contributed by atoms with Crippen LogP contribution in [0.25, 0.3) is 0 Å². The normalized spacial score (nSPS) is 12.7. The molecule has 108 valence electrons. The molecule has 1 atom stereocenters. The van der Waals surface area contributed by atoms with Gasteiger partial charge in [0.25, 0.3) is 0 Å². The first-order valence-corrected chi connectivity index (χ1v) is 8.32. The Hall–Kier alpha value is -0.650. The van der Waals surface area contributed by atoms with E-state index in [2.05, 4.69) is 74.3 Å². The average molecular weight is 401 g/mol. The van der Waals surface area contributed by atoms with Crippen LogP contribution in [0.2, 0.25) is 0 Å². The lowest BCUT2D eigenvalue weighted by atomic mass is 10.1. The Bertz CT molecular complexity index is 593. The van der Waals surface area contributed by atoms with Crippen molar-refractivity contribution in [2.24, 2.45) is 0 Å². The molecule has 0 saturated carbocycles. The highest BCUT2D eigenvalue weighted by atomic mass is 79.9. The molecule has 1 aromatic carbocycles. The molecule has 0 spiro atoms. The monoisotopic (exact) mass is 399 g/mol. The molecule has 0 radical (unpaired) electrons. The number of aryl methyl sites for hydroxylation is 2. The van der Waals surface area contributed by atoms with E-state index in [1.807, 2.05) is 17.7 Å². The van der Waals surface area contributed by atoms with Crippen molar-refractivity contribution in [2.45, 2.75) is 39.9 Å². The first-order valence-electron chi connectivity index (χ1n) is 6.73. The highest BCUT2D eigenvalue weighted by Gasteiger charge is 2.13. The fourth-order valence-electron chi connectivity index (χ4n) is 2.18. The molecule has 1 aromatic heterocycles. The zero-order valence-corrected chi connectivity index (χ0v) is 15.1. The summed E-state index contributed by atoms with van der Waals surface area (Å²) in [4.78, 5) is 0. The van der Waals surface area contributed by atoms with Crippen molar-refractivity contribution in [1.82, 2.24) is 15.1 Å². The van der Waals surface area contributed by atoms with Gasteiger partial charge in [0.15, 0.2) is 0 Å². The molecule has 5 heteroatoms. The molecule has 20 heavy (non-hydrogen) atoms. The average Bonchev–Trinajstić information content (AvgIpc) is 2.71. The van der Waals surface area contributed by atoms with E-state index >= 15 is 0 Å². The van der Waals surface area contributed by atoms with Crippen LogP contribution in [0.3, 0.4) is 0 Å². The van der Waals surface area contributed by atoms with Crippen LogP contribution in [0.4, 0.5) is 0 Å². The van der Waals surface area contributed by atoms with Gasteiger partial charge in [0, 0.05) is 23.6 Å². The second-order valence-electron chi connectivity index (χ2n) is 4.82. The predicted octanol–water partition coefficient (Wildman–Crippen LogP) is 4.59. The van der Waals surface area contributed by atoms with Crippen molar-refractivity contribution >= 4 is 31.9 Å². The second kappa shape index (κ2) is 6.87. The summed E-state index contributed by atoms with van der Waals surface area (Å²) < 4.78 is 4.26. The third kappa shape index (κ3) is 3.51. The predicted molar refractivity (Wildman–Crippen MR) is 89.7 cm³/mol. The maximum atomic E-state index is 4.52. The maximum Gasteiger partial charge on any atom is 0.0739 e. The summed E-state index contributed by atoms with van der Waals surface area (Å²) in [6, 6.07) is 8.69. The van der Waals surface area contributed by atoms with Gasteiger partial charge in [-0.25, -0.2) is 0 Å². The SMILES string of the molecule is CCn1nc(C)c(Br)c1CN[C@H](C)c1cccc(Br)c1. The van der Waals surface area contributed by atoms with Gasteiger partial charge in [-0.3, -0.25) is 4.68 Å². The molecule has 2 aromatic rings. The Morgan fingerprint density at radius 2 is 2.10 bits per heavy atom. The van der Waals surface area contributed by atoms with Crippen molar-refractivity contribution in [3.8, 4) is 0 Å². The zero-order chi connectivity index (χ0) is 14.7. The van der Waals surface area contributed by atoms with Gasteiger partial charge in [-0.1, -0.05) is 28.1 Å². The van der Waals surface area contributed by atoms with Gasteiger partial charge in [-0.05, 0) is 54.4 Å². The summed E-state index contributed by atoms with van der Waals surface area (Å²) in [6.07, 6.45) is 0. The van der Waals surface area contributed by atoms with Crippen LogP contribution in [0, 0.1) is 6.92 Å². The summed E-state index contributed by atoms with van der Waals surface area (Å²) in [7, 11) is 0. The van der Waals surface area contributed by atoms with E-state index in [9.17, 15) is 0 Å². The molecule has 0 aliphatic carbocycles. The molecule has 2 rings (SSSR count). The zero-order valence-electron chi connectivity index (χ0n) is 12.0. The Kier molecular flexibility index (Phi) is 5.41. The highest BCUT2D eigenvalue weighted by molar-refractivity contribution is 9.10. The summed E-state index contributed by atoms with van der Waals surface area (Å²) in [5.41, 5.74) is 3.51. The summed E-state index contributed by atoms with van der Waals surface area (Å²) >= 11 is 7.14. The standard InChI is InChI=1S/C15H19Br2N3/c1-4-20-14(15(17)11(3)19-20)9-18-10(2)12-6-5-7-13(16)8-12/h5-8,10,18H,4,9H2,1-3H3/t10-/m1/s1. The number of benzene rings is 1. The minimum absolute atomic E-state index is 0.292. The van der Waals surface area contributed by atoms with E-state index in [0.717, 1.165) is 27.7 Å². The third-order valence-corrected chi connectivity index (χ3v) is 4.90. The van der Waals surface area contributed by atoms with Crippen molar-refractivity contribution in [3.05, 3.63) is 50.2 Å². The molecule has 0 aliphatic heterocycles. The van der Waals surface area contributed by atoms with E-state index in [4.69, 9.17) is 0 Å². The fraction of sp³-hybridized carbons (Fsp3) is 0.400. The highest BCUT2D eigenvalue weighted by Crippen LogP contribution is 2.23. The van der Waals surface area contributed by atoms with E-state index in [1.54, 1.807) is 0 Å². The first-order chi connectivity index (χ1) is 9.52. The van der Waals surface area contributed by atoms with Gasteiger partial charge in [-0.15, -0.1) is 0 Å². The van der Waals surface area contributed by atoms with Crippen LogP contribution in [0.5, 0.6) is 0 Å². The molecule has 1 heterocycles. The molecule has 3 nitrogen and oxygen atoms in total. The minimum atomic E-state index is 0.292. The van der Waals surface area contributed by atoms with Crippen molar-refractivity contribution < 1.29 is 0 Å². The number of halogens is 2. The summed E-state index contributed by atoms with van der Waals surface area (Å²) in [5.74, 6) is 0. The largest absolute Gasteiger partial charge is 0.305 e. The Morgan fingerprint density at radius 1 is 1.35 bits per heavy atom. The minimum Gasteiger partial charge on any atom is -0.305 e.